The second-order valence-electron chi connectivity index (χ2n) is 6.53. The van der Waals surface area contributed by atoms with Gasteiger partial charge in [0.1, 0.15) is 0 Å². The molecule has 160 valence electrons. The molecule has 5 nitrogen and oxygen atoms in total. The van der Waals surface area contributed by atoms with E-state index < -0.39 is 11.7 Å². The van der Waals surface area contributed by atoms with Gasteiger partial charge in [0.05, 0.1) is 11.9 Å². The average molecular weight is 529 g/mol. The fraction of sp³-hybridized carbons (Fsp3) is 0.238. The maximum Gasteiger partial charge on any atom is 0.416 e. The molecule has 9 heteroatoms. The molecule has 1 heterocycles. The summed E-state index contributed by atoms with van der Waals surface area (Å²) in [5, 5.41) is 6.23. The second-order valence-corrected chi connectivity index (χ2v) is 6.53. The Hall–Kier alpha value is -2.56. The number of rotatable bonds is 6. The number of alkyl halides is 3. The predicted octanol–water partition coefficient (Wildman–Crippen LogP) is 4.43. The molecular formula is C21H23F3IN5. The average Bonchev–Trinajstić information content (AvgIpc) is 3.21. The quantitative estimate of drug-likeness (QED) is 0.282. The first-order valence-corrected chi connectivity index (χ1v) is 9.08. The molecule has 0 aliphatic carbocycles. The van der Waals surface area contributed by atoms with Crippen molar-refractivity contribution in [1.29, 1.82) is 0 Å². The van der Waals surface area contributed by atoms with Crippen LogP contribution in [0.2, 0.25) is 0 Å². The van der Waals surface area contributed by atoms with Crippen molar-refractivity contribution in [2.45, 2.75) is 25.8 Å². The Balaban J connectivity index is 0.00000320. The first-order chi connectivity index (χ1) is 13.9. The van der Waals surface area contributed by atoms with Crippen molar-refractivity contribution >= 4 is 29.9 Å². The summed E-state index contributed by atoms with van der Waals surface area (Å²) >= 11 is 0. The summed E-state index contributed by atoms with van der Waals surface area (Å²) in [6, 6.07) is 13.4. The van der Waals surface area contributed by atoms with E-state index in [9.17, 15) is 13.2 Å². The van der Waals surface area contributed by atoms with E-state index in [2.05, 4.69) is 26.7 Å². The van der Waals surface area contributed by atoms with Crippen LogP contribution in [0.4, 0.5) is 13.2 Å². The number of hydrogen-bond acceptors (Lipinski definition) is 2. The zero-order chi connectivity index (χ0) is 20.7. The molecule has 30 heavy (non-hydrogen) atoms. The monoisotopic (exact) mass is 529 g/mol. The Morgan fingerprint density at radius 1 is 1.00 bits per heavy atom. The van der Waals surface area contributed by atoms with Crippen molar-refractivity contribution in [2.24, 2.45) is 4.99 Å². The first-order valence-electron chi connectivity index (χ1n) is 9.08. The van der Waals surface area contributed by atoms with E-state index in [4.69, 9.17) is 0 Å². The molecule has 3 rings (SSSR count). The number of hydrogen-bond donors (Lipinski definition) is 2. The van der Waals surface area contributed by atoms with E-state index in [0.29, 0.717) is 18.1 Å². The van der Waals surface area contributed by atoms with E-state index in [1.165, 1.54) is 6.07 Å². The number of nitrogens with one attached hydrogen (secondary N) is 2. The van der Waals surface area contributed by atoms with Crippen LogP contribution in [-0.2, 0) is 25.8 Å². The summed E-state index contributed by atoms with van der Waals surface area (Å²) in [4.78, 5) is 8.17. The largest absolute Gasteiger partial charge is 0.416 e. The van der Waals surface area contributed by atoms with E-state index in [1.807, 2.05) is 29.0 Å². The highest BCUT2D eigenvalue weighted by Crippen LogP contribution is 2.29. The predicted molar refractivity (Wildman–Crippen MR) is 122 cm³/mol. The maximum atomic E-state index is 12.8. The molecule has 3 aromatic rings. The van der Waals surface area contributed by atoms with Crippen LogP contribution in [0.25, 0.3) is 0 Å². The van der Waals surface area contributed by atoms with Crippen molar-refractivity contribution in [3.05, 3.63) is 89.5 Å². The minimum atomic E-state index is -4.35. The highest BCUT2D eigenvalue weighted by molar-refractivity contribution is 14.0. The smallest absolute Gasteiger partial charge is 0.352 e. The van der Waals surface area contributed by atoms with E-state index in [0.717, 1.165) is 29.8 Å². The zero-order valence-electron chi connectivity index (χ0n) is 16.4. The first kappa shape index (κ1) is 23.7. The Bertz CT molecular complexity index is 955. The van der Waals surface area contributed by atoms with Crippen LogP contribution in [0.3, 0.4) is 0 Å². The minimum Gasteiger partial charge on any atom is -0.352 e. The van der Waals surface area contributed by atoms with E-state index in [-0.39, 0.29) is 30.5 Å². The number of imidazole rings is 1. The molecule has 0 aliphatic heterocycles. The summed E-state index contributed by atoms with van der Waals surface area (Å²) < 4.78 is 40.5. The Morgan fingerprint density at radius 3 is 2.23 bits per heavy atom. The number of nitrogens with zero attached hydrogens (tertiary/aromatic N) is 3. The minimum absolute atomic E-state index is 0. The van der Waals surface area contributed by atoms with Crippen LogP contribution < -0.4 is 10.6 Å². The molecule has 0 spiro atoms. The van der Waals surface area contributed by atoms with Crippen LogP contribution >= 0.6 is 24.0 Å². The zero-order valence-corrected chi connectivity index (χ0v) is 18.7. The lowest BCUT2D eigenvalue weighted by molar-refractivity contribution is -0.137. The third kappa shape index (κ3) is 7.05. The van der Waals surface area contributed by atoms with Crippen LogP contribution in [0.15, 0.2) is 72.2 Å². The third-order valence-corrected chi connectivity index (χ3v) is 4.31. The second kappa shape index (κ2) is 11.0. The summed E-state index contributed by atoms with van der Waals surface area (Å²) in [5.74, 6) is 0.516. The molecule has 2 aromatic carbocycles. The van der Waals surface area contributed by atoms with Crippen LogP contribution in [-0.4, -0.2) is 22.6 Å². The van der Waals surface area contributed by atoms with Gasteiger partial charge in [-0.2, -0.15) is 13.2 Å². The van der Waals surface area contributed by atoms with Gasteiger partial charge in [-0.1, -0.05) is 36.4 Å². The molecule has 0 fully saturated rings. The maximum absolute atomic E-state index is 12.8. The lowest BCUT2D eigenvalue weighted by atomic mass is 10.1. The number of benzene rings is 2. The number of aromatic nitrogens is 2. The van der Waals surface area contributed by atoms with E-state index in [1.54, 1.807) is 25.6 Å². The molecule has 2 N–H and O–H groups in total. The van der Waals surface area contributed by atoms with Crippen LogP contribution in [0.1, 0.15) is 22.3 Å². The molecule has 0 saturated heterocycles. The summed E-state index contributed by atoms with van der Waals surface area (Å²) in [6.07, 6.45) is 1.07. The molecule has 0 saturated carbocycles. The van der Waals surface area contributed by atoms with Gasteiger partial charge in [0, 0.05) is 39.1 Å². The fourth-order valence-electron chi connectivity index (χ4n) is 2.88. The summed E-state index contributed by atoms with van der Waals surface area (Å²) in [6.45, 7) is 1.51. The summed E-state index contributed by atoms with van der Waals surface area (Å²) in [5.41, 5.74) is 2.10. The standard InChI is InChI=1S/C21H22F3N5.HI/c1-25-20(28-13-17-5-3-7-19(11-17)21(22,23)24)27-12-16-4-2-6-18(10-16)14-29-9-8-26-15-29;/h2-11,15H,12-14H2,1H3,(H2,25,27,28);1H. The van der Waals surface area contributed by atoms with Gasteiger partial charge >= 0.3 is 6.18 Å². The molecule has 0 radical (unpaired) electrons. The number of aliphatic imine (C=N–C) groups is 1. The van der Waals surface area contributed by atoms with Crippen LogP contribution in [0.5, 0.6) is 0 Å². The van der Waals surface area contributed by atoms with Crippen molar-refractivity contribution in [2.75, 3.05) is 7.05 Å². The molecule has 0 bridgehead atoms. The normalized spacial score (nSPS) is 11.7. The fourth-order valence-corrected chi connectivity index (χ4v) is 2.88. The van der Waals surface area contributed by atoms with Crippen molar-refractivity contribution in [1.82, 2.24) is 20.2 Å². The van der Waals surface area contributed by atoms with Gasteiger partial charge in [-0.05, 0) is 28.8 Å². The van der Waals surface area contributed by atoms with Gasteiger partial charge in [0.15, 0.2) is 5.96 Å². The Morgan fingerprint density at radius 2 is 1.63 bits per heavy atom. The molecule has 0 unspecified atom stereocenters. The van der Waals surface area contributed by atoms with Gasteiger partial charge in [-0.25, -0.2) is 4.98 Å². The molecule has 0 aliphatic rings. The Labute approximate surface area is 190 Å². The van der Waals surface area contributed by atoms with E-state index >= 15 is 0 Å². The molecular weight excluding hydrogens is 506 g/mol. The van der Waals surface area contributed by atoms with Crippen molar-refractivity contribution in [3.8, 4) is 0 Å². The van der Waals surface area contributed by atoms with Crippen molar-refractivity contribution < 1.29 is 13.2 Å². The molecule has 1 aromatic heterocycles. The van der Waals surface area contributed by atoms with Gasteiger partial charge in [-0.3, -0.25) is 4.99 Å². The lowest BCUT2D eigenvalue weighted by Crippen LogP contribution is -2.36. The van der Waals surface area contributed by atoms with Crippen LogP contribution in [0, 0.1) is 0 Å². The molecule has 0 atom stereocenters. The van der Waals surface area contributed by atoms with Gasteiger partial charge in [0.25, 0.3) is 0 Å². The van der Waals surface area contributed by atoms with Gasteiger partial charge in [0.2, 0.25) is 0 Å². The van der Waals surface area contributed by atoms with Gasteiger partial charge < -0.3 is 15.2 Å². The lowest BCUT2D eigenvalue weighted by Gasteiger charge is -2.14. The SMILES string of the molecule is CN=C(NCc1cccc(Cn2ccnc2)c1)NCc1cccc(C(F)(F)F)c1.I. The van der Waals surface area contributed by atoms with Gasteiger partial charge in [-0.15, -0.1) is 24.0 Å². The highest BCUT2D eigenvalue weighted by Gasteiger charge is 2.30. The third-order valence-electron chi connectivity index (χ3n) is 4.31. The molecule has 0 amide bonds. The number of halogens is 4. The summed E-state index contributed by atoms with van der Waals surface area (Å²) in [7, 11) is 1.62. The highest BCUT2D eigenvalue weighted by atomic mass is 127. The number of guanidine groups is 1. The topological polar surface area (TPSA) is 54.2 Å². The van der Waals surface area contributed by atoms with Crippen molar-refractivity contribution in [3.63, 3.8) is 0 Å². The Kier molecular flexibility index (Phi) is 8.70.